The molecule has 2 aromatic rings. The lowest BCUT2D eigenvalue weighted by molar-refractivity contribution is 1.05. The van der Waals surface area contributed by atoms with Gasteiger partial charge in [0.2, 0.25) is 0 Å². The third kappa shape index (κ3) is 1.61. The van der Waals surface area contributed by atoms with Gasteiger partial charge >= 0.3 is 0 Å². The number of benzene rings is 1. The Morgan fingerprint density at radius 3 is 2.69 bits per heavy atom. The molecule has 0 bridgehead atoms. The van der Waals surface area contributed by atoms with Crippen LogP contribution in [-0.4, -0.2) is 10.2 Å². The van der Waals surface area contributed by atoms with Crippen molar-refractivity contribution in [3.63, 3.8) is 0 Å². The van der Waals surface area contributed by atoms with Gasteiger partial charge in [0, 0.05) is 11.3 Å². The molecular formula is C11H11N2. The van der Waals surface area contributed by atoms with Crippen LogP contribution in [0.25, 0.3) is 11.3 Å². The summed E-state index contributed by atoms with van der Waals surface area (Å²) in [6.45, 7) is 4.02. The highest BCUT2D eigenvalue weighted by atomic mass is 15.1. The molecule has 2 rings (SSSR count). The molecular weight excluding hydrogens is 160 g/mol. The first kappa shape index (κ1) is 8.05. The quantitative estimate of drug-likeness (QED) is 0.701. The van der Waals surface area contributed by atoms with Crippen molar-refractivity contribution in [2.24, 2.45) is 0 Å². The first-order chi connectivity index (χ1) is 6.25. The summed E-state index contributed by atoms with van der Waals surface area (Å²) in [4.78, 5) is 0. The summed E-state index contributed by atoms with van der Waals surface area (Å²) in [7, 11) is 0. The molecule has 1 aromatic carbocycles. The zero-order chi connectivity index (χ0) is 9.26. The molecule has 0 aliphatic heterocycles. The van der Waals surface area contributed by atoms with E-state index < -0.39 is 0 Å². The second-order valence-electron chi connectivity index (χ2n) is 3.20. The van der Waals surface area contributed by atoms with Crippen molar-refractivity contribution >= 4 is 0 Å². The van der Waals surface area contributed by atoms with Gasteiger partial charge in [-0.05, 0) is 37.6 Å². The number of rotatable bonds is 1. The van der Waals surface area contributed by atoms with Crippen molar-refractivity contribution in [1.82, 2.24) is 10.2 Å². The van der Waals surface area contributed by atoms with Crippen LogP contribution >= 0.6 is 0 Å². The highest BCUT2D eigenvalue weighted by molar-refractivity contribution is 5.59. The van der Waals surface area contributed by atoms with E-state index in [-0.39, 0.29) is 0 Å². The molecule has 0 saturated carbocycles. The lowest BCUT2D eigenvalue weighted by Crippen LogP contribution is -1.78. The zero-order valence-electron chi connectivity index (χ0n) is 7.76. The van der Waals surface area contributed by atoms with E-state index in [9.17, 15) is 0 Å². The summed E-state index contributed by atoms with van der Waals surface area (Å²) in [5, 5.41) is 7.09. The van der Waals surface area contributed by atoms with Crippen LogP contribution in [0.2, 0.25) is 0 Å². The Morgan fingerprint density at radius 1 is 1.31 bits per heavy atom. The average molecular weight is 171 g/mol. The summed E-state index contributed by atoms with van der Waals surface area (Å²) >= 11 is 0. The SMILES string of the molecule is Cc1[c]cc(-c2cc(C)[nH]n2)cc1. The van der Waals surface area contributed by atoms with Crippen LogP contribution in [0.4, 0.5) is 0 Å². The van der Waals surface area contributed by atoms with Crippen molar-refractivity contribution in [1.29, 1.82) is 0 Å². The molecule has 0 aliphatic rings. The number of nitrogens with zero attached hydrogens (tertiary/aromatic N) is 1. The van der Waals surface area contributed by atoms with E-state index in [0.29, 0.717) is 0 Å². The molecule has 1 heterocycles. The molecule has 2 nitrogen and oxygen atoms in total. The van der Waals surface area contributed by atoms with Crippen molar-refractivity contribution in [3.05, 3.63) is 41.6 Å². The maximum Gasteiger partial charge on any atom is 0.0923 e. The van der Waals surface area contributed by atoms with Crippen LogP contribution in [0.15, 0.2) is 24.3 Å². The van der Waals surface area contributed by atoms with Crippen LogP contribution in [0, 0.1) is 19.9 Å². The first-order valence-electron chi connectivity index (χ1n) is 4.26. The van der Waals surface area contributed by atoms with Crippen LogP contribution in [0.3, 0.4) is 0 Å². The fourth-order valence-electron chi connectivity index (χ4n) is 1.23. The van der Waals surface area contributed by atoms with E-state index in [4.69, 9.17) is 0 Å². The summed E-state index contributed by atoms with van der Waals surface area (Å²) in [6.07, 6.45) is 0. The van der Waals surface area contributed by atoms with Crippen molar-refractivity contribution in [2.45, 2.75) is 13.8 Å². The van der Waals surface area contributed by atoms with Crippen LogP contribution in [0.1, 0.15) is 11.3 Å². The Morgan fingerprint density at radius 2 is 2.15 bits per heavy atom. The molecule has 65 valence electrons. The van der Waals surface area contributed by atoms with Gasteiger partial charge < -0.3 is 0 Å². The topological polar surface area (TPSA) is 28.7 Å². The molecule has 1 radical (unpaired) electrons. The highest BCUT2D eigenvalue weighted by Gasteiger charge is 2.00. The normalized spacial score (nSPS) is 10.3. The number of aromatic nitrogens is 2. The number of nitrogens with one attached hydrogen (secondary N) is 1. The average Bonchev–Trinajstić information content (AvgIpc) is 2.53. The lowest BCUT2D eigenvalue weighted by Gasteiger charge is -1.95. The number of aryl methyl sites for hydroxylation is 2. The molecule has 0 atom stereocenters. The molecule has 1 aromatic heterocycles. The molecule has 0 saturated heterocycles. The molecule has 0 amide bonds. The molecule has 0 unspecified atom stereocenters. The Kier molecular flexibility index (Phi) is 1.89. The minimum Gasteiger partial charge on any atom is -0.282 e. The smallest absolute Gasteiger partial charge is 0.0923 e. The van der Waals surface area contributed by atoms with Gasteiger partial charge in [0.05, 0.1) is 5.69 Å². The van der Waals surface area contributed by atoms with Gasteiger partial charge in [0.1, 0.15) is 0 Å². The van der Waals surface area contributed by atoms with Gasteiger partial charge in [-0.3, -0.25) is 5.10 Å². The van der Waals surface area contributed by atoms with E-state index in [1.165, 1.54) is 0 Å². The van der Waals surface area contributed by atoms with Crippen molar-refractivity contribution < 1.29 is 0 Å². The third-order valence-corrected chi connectivity index (χ3v) is 1.97. The first-order valence-corrected chi connectivity index (χ1v) is 4.26. The maximum absolute atomic E-state index is 4.17. The van der Waals surface area contributed by atoms with Crippen LogP contribution in [0.5, 0.6) is 0 Å². The van der Waals surface area contributed by atoms with E-state index in [0.717, 1.165) is 22.5 Å². The number of aromatic amines is 1. The maximum atomic E-state index is 4.17. The second kappa shape index (κ2) is 3.05. The number of H-pyrrole nitrogens is 1. The minimum atomic E-state index is 0.980. The highest BCUT2D eigenvalue weighted by Crippen LogP contribution is 2.17. The molecule has 13 heavy (non-hydrogen) atoms. The Bertz CT molecular complexity index is 398. The molecule has 0 spiro atoms. The minimum absolute atomic E-state index is 0.980. The van der Waals surface area contributed by atoms with Gasteiger partial charge in [0.15, 0.2) is 0 Å². The van der Waals surface area contributed by atoms with Gasteiger partial charge in [-0.25, -0.2) is 0 Å². The van der Waals surface area contributed by atoms with Crippen molar-refractivity contribution in [2.75, 3.05) is 0 Å². The van der Waals surface area contributed by atoms with Gasteiger partial charge in [-0.1, -0.05) is 12.1 Å². The van der Waals surface area contributed by atoms with Gasteiger partial charge in [-0.15, -0.1) is 0 Å². The van der Waals surface area contributed by atoms with E-state index >= 15 is 0 Å². The standard InChI is InChI=1S/C11H11N2/c1-8-3-5-10(6-4-8)11-7-9(2)12-13-11/h3,5-7H,1-2H3,(H,12,13). The Hall–Kier alpha value is -1.57. The molecule has 0 fully saturated rings. The van der Waals surface area contributed by atoms with Gasteiger partial charge in [-0.2, -0.15) is 5.10 Å². The molecule has 1 N–H and O–H groups in total. The van der Waals surface area contributed by atoms with E-state index in [1.807, 2.05) is 32.0 Å². The fraction of sp³-hybridized carbons (Fsp3) is 0.182. The second-order valence-corrected chi connectivity index (χ2v) is 3.20. The van der Waals surface area contributed by atoms with Crippen LogP contribution in [-0.2, 0) is 0 Å². The largest absolute Gasteiger partial charge is 0.282 e. The van der Waals surface area contributed by atoms with E-state index in [1.54, 1.807) is 0 Å². The monoisotopic (exact) mass is 171 g/mol. The number of hydrogen-bond acceptors (Lipinski definition) is 1. The Balaban J connectivity index is 2.41. The Labute approximate surface area is 77.6 Å². The molecule has 2 heteroatoms. The number of hydrogen-bond donors (Lipinski definition) is 1. The van der Waals surface area contributed by atoms with Crippen molar-refractivity contribution in [3.8, 4) is 11.3 Å². The zero-order valence-corrected chi connectivity index (χ0v) is 7.76. The summed E-state index contributed by atoms with van der Waals surface area (Å²) in [5.74, 6) is 0. The fourth-order valence-corrected chi connectivity index (χ4v) is 1.23. The lowest BCUT2D eigenvalue weighted by atomic mass is 10.1. The van der Waals surface area contributed by atoms with Crippen LogP contribution < -0.4 is 0 Å². The third-order valence-electron chi connectivity index (χ3n) is 1.97. The predicted octanol–water partition coefficient (Wildman–Crippen LogP) is 2.49. The summed E-state index contributed by atoms with van der Waals surface area (Å²) < 4.78 is 0. The summed E-state index contributed by atoms with van der Waals surface area (Å²) in [6, 6.07) is 11.2. The predicted molar refractivity (Wildman–Crippen MR) is 52.3 cm³/mol. The van der Waals surface area contributed by atoms with E-state index in [2.05, 4.69) is 22.3 Å². The van der Waals surface area contributed by atoms with Gasteiger partial charge in [0.25, 0.3) is 0 Å². The molecule has 0 aliphatic carbocycles. The summed E-state index contributed by atoms with van der Waals surface area (Å²) in [5.41, 5.74) is 4.32.